The van der Waals surface area contributed by atoms with Crippen LogP contribution in [0.4, 0.5) is 10.5 Å². The van der Waals surface area contributed by atoms with Crippen molar-refractivity contribution in [3.05, 3.63) is 41.3 Å². The van der Waals surface area contributed by atoms with Crippen LogP contribution < -0.4 is 19.5 Å². The molecule has 0 aliphatic rings. The smallest absolute Gasteiger partial charge is 0.411 e. The fraction of sp³-hybridized carbons (Fsp3) is 0.304. The van der Waals surface area contributed by atoms with E-state index in [9.17, 15) is 4.79 Å². The molecular formula is C23H26N2O5S. The van der Waals surface area contributed by atoms with Crippen LogP contribution in [0.3, 0.4) is 0 Å². The van der Waals surface area contributed by atoms with Gasteiger partial charge in [-0.2, -0.15) is 4.37 Å². The largest absolute Gasteiger partial charge is 0.495 e. The Balaban J connectivity index is 2.01. The number of carbonyl (C=O) groups excluding carboxylic acids is 1. The molecule has 3 aromatic rings. The lowest BCUT2D eigenvalue weighted by atomic mass is 9.99. The molecule has 3 rings (SSSR count). The summed E-state index contributed by atoms with van der Waals surface area (Å²) in [7, 11) is 4.79. The van der Waals surface area contributed by atoms with Gasteiger partial charge in [0, 0.05) is 16.5 Å². The Kier molecular flexibility index (Phi) is 7.36. The van der Waals surface area contributed by atoms with E-state index >= 15 is 0 Å². The van der Waals surface area contributed by atoms with E-state index in [1.165, 1.54) is 11.5 Å². The highest BCUT2D eigenvalue weighted by Gasteiger charge is 2.17. The minimum atomic E-state index is -0.517. The number of nitrogens with one attached hydrogen (secondary N) is 1. The van der Waals surface area contributed by atoms with E-state index in [1.54, 1.807) is 21.3 Å². The number of rotatable bonds is 8. The first-order valence-electron chi connectivity index (χ1n) is 9.81. The maximum absolute atomic E-state index is 12.1. The van der Waals surface area contributed by atoms with Gasteiger partial charge >= 0.3 is 6.09 Å². The second-order valence-corrected chi connectivity index (χ2v) is 7.41. The zero-order valence-corrected chi connectivity index (χ0v) is 19.1. The molecule has 0 aliphatic heterocycles. The van der Waals surface area contributed by atoms with Gasteiger partial charge in [-0.05, 0) is 60.3 Å². The molecule has 0 saturated heterocycles. The van der Waals surface area contributed by atoms with Crippen molar-refractivity contribution >= 4 is 23.3 Å². The molecule has 0 spiro atoms. The molecule has 0 atom stereocenters. The van der Waals surface area contributed by atoms with Crippen LogP contribution in [0.1, 0.15) is 18.9 Å². The fourth-order valence-corrected chi connectivity index (χ4v) is 3.97. The molecule has 1 aromatic heterocycles. The topological polar surface area (TPSA) is 78.9 Å². The van der Waals surface area contributed by atoms with E-state index < -0.39 is 6.09 Å². The summed E-state index contributed by atoms with van der Waals surface area (Å²) in [6.45, 7) is 4.26. The first-order valence-corrected chi connectivity index (χ1v) is 10.7. The van der Waals surface area contributed by atoms with Gasteiger partial charge in [0.15, 0.2) is 11.5 Å². The third-order valence-electron chi connectivity index (χ3n) is 4.69. The maximum Gasteiger partial charge on any atom is 0.411 e. The molecular weight excluding hydrogens is 416 g/mol. The molecule has 8 heteroatoms. The Bertz CT molecular complexity index is 1060. The summed E-state index contributed by atoms with van der Waals surface area (Å²) in [5.74, 6) is 1.89. The number of nitrogens with zero attached hydrogens (tertiary/aromatic N) is 1. The number of methoxy groups -OCH3 is 3. The third-order valence-corrected chi connectivity index (χ3v) is 5.32. The summed E-state index contributed by atoms with van der Waals surface area (Å²) in [6.07, 6.45) is 0.232. The van der Waals surface area contributed by atoms with Crippen molar-refractivity contribution in [1.82, 2.24) is 4.37 Å². The van der Waals surface area contributed by atoms with E-state index in [4.69, 9.17) is 18.9 Å². The number of hydrogen-bond donors (Lipinski definition) is 1. The van der Waals surface area contributed by atoms with Crippen LogP contribution in [0.25, 0.3) is 22.4 Å². The summed E-state index contributed by atoms with van der Waals surface area (Å²) in [5, 5.41) is 4.74. The molecule has 0 radical (unpaired) electrons. The average molecular weight is 443 g/mol. The minimum absolute atomic E-state index is 0.352. The zero-order chi connectivity index (χ0) is 22.4. The lowest BCUT2D eigenvalue weighted by Gasteiger charge is -2.14. The van der Waals surface area contributed by atoms with Gasteiger partial charge in [0.25, 0.3) is 0 Å². The van der Waals surface area contributed by atoms with Crippen molar-refractivity contribution in [3.63, 3.8) is 0 Å². The number of amides is 1. The highest BCUT2D eigenvalue weighted by molar-refractivity contribution is 7.04. The van der Waals surface area contributed by atoms with Crippen LogP contribution in [0.2, 0.25) is 0 Å². The first kappa shape index (κ1) is 22.4. The van der Waals surface area contributed by atoms with Crippen LogP contribution in [0.5, 0.6) is 17.2 Å². The lowest BCUT2D eigenvalue weighted by molar-refractivity contribution is 0.161. The van der Waals surface area contributed by atoms with Gasteiger partial charge in [0.1, 0.15) is 5.75 Å². The second kappa shape index (κ2) is 10.2. The Hall–Kier alpha value is -3.26. The summed E-state index contributed by atoms with van der Waals surface area (Å²) >= 11 is 1.36. The Labute approximate surface area is 186 Å². The molecule has 0 saturated carbocycles. The van der Waals surface area contributed by atoms with Gasteiger partial charge in [-0.1, -0.05) is 13.0 Å². The average Bonchev–Trinajstić information content (AvgIpc) is 3.27. The predicted octanol–water partition coefficient (Wildman–Crippen LogP) is 5.77. The highest BCUT2D eigenvalue weighted by Crippen LogP contribution is 2.40. The van der Waals surface area contributed by atoms with Gasteiger partial charge in [0.05, 0.1) is 39.3 Å². The maximum atomic E-state index is 12.1. The van der Waals surface area contributed by atoms with Crippen molar-refractivity contribution in [1.29, 1.82) is 0 Å². The molecule has 1 amide bonds. The minimum Gasteiger partial charge on any atom is -0.495 e. The van der Waals surface area contributed by atoms with E-state index in [0.29, 0.717) is 29.5 Å². The van der Waals surface area contributed by atoms with Gasteiger partial charge in [-0.25, -0.2) is 4.79 Å². The molecule has 1 N–H and O–H groups in total. The van der Waals surface area contributed by atoms with Crippen LogP contribution in [0, 0.1) is 6.92 Å². The number of aryl methyl sites for hydroxylation is 1. The van der Waals surface area contributed by atoms with E-state index in [1.807, 2.05) is 49.6 Å². The molecule has 7 nitrogen and oxygen atoms in total. The van der Waals surface area contributed by atoms with Crippen LogP contribution in [-0.2, 0) is 4.74 Å². The van der Waals surface area contributed by atoms with Crippen molar-refractivity contribution in [2.75, 3.05) is 33.3 Å². The normalized spacial score (nSPS) is 10.5. The number of aromatic nitrogens is 1. The molecule has 0 fully saturated rings. The number of benzene rings is 2. The van der Waals surface area contributed by atoms with Gasteiger partial charge in [-0.15, -0.1) is 0 Å². The summed E-state index contributed by atoms with van der Waals surface area (Å²) < 4.78 is 26.1. The Morgan fingerprint density at radius 1 is 1.03 bits per heavy atom. The molecule has 0 unspecified atom stereocenters. The molecule has 164 valence electrons. The molecule has 0 bridgehead atoms. The molecule has 2 aromatic carbocycles. The van der Waals surface area contributed by atoms with Crippen molar-refractivity contribution in [2.45, 2.75) is 20.3 Å². The van der Waals surface area contributed by atoms with Gasteiger partial charge in [0.2, 0.25) is 0 Å². The van der Waals surface area contributed by atoms with E-state index in [-0.39, 0.29) is 0 Å². The standard InChI is InChI=1S/C23H26N2O5S/c1-6-9-30-23(26)24-18-11-15(7-8-19(18)27-3)17-13-31-25-21(17)16-10-14(2)22(29-5)20(12-16)28-4/h7-8,10-13H,6,9H2,1-5H3,(H,24,26). The number of carbonyl (C=O) groups is 1. The summed E-state index contributed by atoms with van der Waals surface area (Å²) in [5.41, 5.74) is 5.04. The molecule has 31 heavy (non-hydrogen) atoms. The quantitative estimate of drug-likeness (QED) is 0.477. The fourth-order valence-electron chi connectivity index (χ4n) is 3.26. The van der Waals surface area contributed by atoms with Crippen molar-refractivity contribution in [2.24, 2.45) is 0 Å². The van der Waals surface area contributed by atoms with Crippen molar-refractivity contribution < 1.29 is 23.7 Å². The Morgan fingerprint density at radius 3 is 2.48 bits per heavy atom. The lowest BCUT2D eigenvalue weighted by Crippen LogP contribution is -2.14. The third kappa shape index (κ3) is 4.91. The molecule has 0 aliphatic carbocycles. The van der Waals surface area contributed by atoms with Crippen LogP contribution in [0.15, 0.2) is 35.7 Å². The monoisotopic (exact) mass is 442 g/mol. The number of ether oxygens (including phenoxy) is 4. The van der Waals surface area contributed by atoms with Gasteiger partial charge < -0.3 is 18.9 Å². The predicted molar refractivity (Wildman–Crippen MR) is 123 cm³/mol. The number of hydrogen-bond acceptors (Lipinski definition) is 7. The van der Waals surface area contributed by atoms with Crippen molar-refractivity contribution in [3.8, 4) is 39.6 Å². The Morgan fingerprint density at radius 2 is 1.81 bits per heavy atom. The second-order valence-electron chi connectivity index (χ2n) is 6.78. The van der Waals surface area contributed by atoms with Gasteiger partial charge in [-0.3, -0.25) is 5.32 Å². The number of anilines is 1. The zero-order valence-electron chi connectivity index (χ0n) is 18.3. The van der Waals surface area contributed by atoms with E-state index in [0.717, 1.165) is 34.4 Å². The summed E-state index contributed by atoms with van der Waals surface area (Å²) in [4.78, 5) is 12.1. The van der Waals surface area contributed by atoms with Crippen LogP contribution >= 0.6 is 11.5 Å². The van der Waals surface area contributed by atoms with Crippen LogP contribution in [-0.4, -0.2) is 38.4 Å². The summed E-state index contributed by atoms with van der Waals surface area (Å²) in [6, 6.07) is 9.53. The highest BCUT2D eigenvalue weighted by atomic mass is 32.1. The van der Waals surface area contributed by atoms with E-state index in [2.05, 4.69) is 9.69 Å². The first-order chi connectivity index (χ1) is 15.0. The molecule has 1 heterocycles. The SMILES string of the molecule is CCCOC(=O)Nc1cc(-c2csnc2-c2cc(C)c(OC)c(OC)c2)ccc1OC.